The summed E-state index contributed by atoms with van der Waals surface area (Å²) in [4.78, 5) is 24.9. The van der Waals surface area contributed by atoms with Gasteiger partial charge in [0.2, 0.25) is 0 Å². The monoisotopic (exact) mass is 300 g/mol. The Morgan fingerprint density at radius 2 is 1.71 bits per heavy atom. The molecule has 1 N–H and O–H groups in total. The average Bonchev–Trinajstić information content (AvgIpc) is 2.95. The lowest BCUT2D eigenvalue weighted by atomic mass is 9.81. The molecule has 0 aromatic rings. The Morgan fingerprint density at radius 3 is 2.19 bits per heavy atom. The Hall–Kier alpha value is -1.21. The lowest BCUT2D eigenvalue weighted by Crippen LogP contribution is -2.53. The first-order valence-corrected chi connectivity index (χ1v) is 7.36. The molecule has 3 rings (SSSR count). The third-order valence-electron chi connectivity index (χ3n) is 4.86. The Kier molecular flexibility index (Phi) is 3.25. The van der Waals surface area contributed by atoms with Crippen LogP contribution < -0.4 is 5.32 Å². The number of urea groups is 1. The summed E-state index contributed by atoms with van der Waals surface area (Å²) >= 11 is 0. The van der Waals surface area contributed by atoms with Crippen molar-refractivity contribution in [3.63, 3.8) is 0 Å². The van der Waals surface area contributed by atoms with Crippen molar-refractivity contribution in [1.82, 2.24) is 10.2 Å². The Morgan fingerprint density at radius 1 is 1.14 bits per heavy atom. The molecule has 3 aliphatic rings. The van der Waals surface area contributed by atoms with Crippen LogP contribution in [0.2, 0.25) is 0 Å². The summed E-state index contributed by atoms with van der Waals surface area (Å²) in [7, 11) is 0. The summed E-state index contributed by atoms with van der Waals surface area (Å²) in [5.74, 6) is -1.01. The number of halogens is 1. The van der Waals surface area contributed by atoms with E-state index in [0.717, 1.165) is 0 Å². The zero-order chi connectivity index (χ0) is 15.3. The van der Waals surface area contributed by atoms with Crippen molar-refractivity contribution in [2.45, 2.75) is 56.5 Å². The second kappa shape index (κ2) is 4.64. The van der Waals surface area contributed by atoms with Crippen LogP contribution in [-0.2, 0) is 14.3 Å². The minimum atomic E-state index is -1.50. The van der Waals surface area contributed by atoms with Crippen molar-refractivity contribution in [1.29, 1.82) is 0 Å². The summed E-state index contributed by atoms with van der Waals surface area (Å²) in [6, 6.07) is -0.518. The molecule has 2 saturated heterocycles. The van der Waals surface area contributed by atoms with E-state index in [2.05, 4.69) is 5.32 Å². The van der Waals surface area contributed by atoms with Crippen molar-refractivity contribution in [2.75, 3.05) is 19.8 Å². The second-order valence-corrected chi connectivity index (χ2v) is 6.66. The molecule has 1 spiro atoms. The fraction of sp³-hybridized carbons (Fsp3) is 0.857. The number of rotatable bonds is 2. The van der Waals surface area contributed by atoms with E-state index in [0.29, 0.717) is 26.1 Å². The second-order valence-electron chi connectivity index (χ2n) is 6.66. The fourth-order valence-corrected chi connectivity index (χ4v) is 3.27. The number of amides is 3. The topological polar surface area (TPSA) is 67.9 Å². The molecule has 0 radical (unpaired) electrons. The van der Waals surface area contributed by atoms with Crippen LogP contribution in [0.1, 0.15) is 39.5 Å². The third kappa shape index (κ3) is 2.42. The molecule has 0 aromatic carbocycles. The minimum absolute atomic E-state index is 0.0757. The van der Waals surface area contributed by atoms with Crippen LogP contribution in [0.5, 0.6) is 0 Å². The molecule has 3 amide bonds. The summed E-state index contributed by atoms with van der Waals surface area (Å²) in [6.45, 7) is 4.28. The molecular weight excluding hydrogens is 279 g/mol. The highest BCUT2D eigenvalue weighted by Crippen LogP contribution is 2.43. The van der Waals surface area contributed by atoms with Gasteiger partial charge in [-0.05, 0) is 26.7 Å². The van der Waals surface area contributed by atoms with Gasteiger partial charge in [-0.15, -0.1) is 0 Å². The summed E-state index contributed by atoms with van der Waals surface area (Å²) < 4.78 is 26.2. The van der Waals surface area contributed by atoms with Crippen LogP contribution in [-0.4, -0.2) is 53.6 Å². The Balaban J connectivity index is 1.68. The maximum Gasteiger partial charge on any atom is 0.325 e. The zero-order valence-corrected chi connectivity index (χ0v) is 12.4. The average molecular weight is 300 g/mol. The molecule has 2 heterocycles. The Bertz CT molecular complexity index is 464. The number of ether oxygens (including phenoxy) is 2. The Labute approximate surface area is 122 Å². The quantitative estimate of drug-likeness (QED) is 0.782. The van der Waals surface area contributed by atoms with Crippen LogP contribution in [0, 0.1) is 0 Å². The molecular formula is C14H21FN2O4. The van der Waals surface area contributed by atoms with Crippen LogP contribution in [0.25, 0.3) is 0 Å². The van der Waals surface area contributed by atoms with Crippen molar-refractivity contribution in [3.8, 4) is 0 Å². The maximum atomic E-state index is 15.1. The van der Waals surface area contributed by atoms with Crippen molar-refractivity contribution < 1.29 is 23.5 Å². The van der Waals surface area contributed by atoms with Gasteiger partial charge in [0.25, 0.3) is 5.91 Å². The first kappa shape index (κ1) is 14.7. The molecule has 0 aromatic heterocycles. The molecule has 7 heteroatoms. The highest BCUT2D eigenvalue weighted by molar-refractivity contribution is 6.06. The predicted molar refractivity (Wildman–Crippen MR) is 71.3 cm³/mol. The van der Waals surface area contributed by atoms with E-state index in [-0.39, 0.29) is 25.3 Å². The van der Waals surface area contributed by atoms with Gasteiger partial charge in [-0.2, -0.15) is 0 Å². The zero-order valence-electron chi connectivity index (χ0n) is 12.4. The number of nitrogens with zero attached hydrogens (tertiary/aromatic N) is 1. The number of imide groups is 1. The van der Waals surface area contributed by atoms with Gasteiger partial charge in [-0.25, -0.2) is 9.18 Å². The summed E-state index contributed by atoms with van der Waals surface area (Å²) in [5, 5.41) is 2.24. The third-order valence-corrected chi connectivity index (χ3v) is 4.86. The molecule has 1 saturated carbocycles. The smallest absolute Gasteiger partial charge is 0.325 e. The van der Waals surface area contributed by atoms with E-state index in [1.165, 1.54) is 4.90 Å². The van der Waals surface area contributed by atoms with Crippen molar-refractivity contribution >= 4 is 11.9 Å². The van der Waals surface area contributed by atoms with E-state index in [1.807, 2.05) is 0 Å². The van der Waals surface area contributed by atoms with E-state index in [1.54, 1.807) is 13.8 Å². The largest absolute Gasteiger partial charge is 0.348 e. The number of alkyl halides is 1. The molecule has 3 fully saturated rings. The van der Waals surface area contributed by atoms with Gasteiger partial charge in [0.1, 0.15) is 11.2 Å². The van der Waals surface area contributed by atoms with Crippen LogP contribution in [0.15, 0.2) is 0 Å². The predicted octanol–water partition coefficient (Wildman–Crippen LogP) is 1.34. The molecule has 21 heavy (non-hydrogen) atoms. The number of carbonyl (C=O) groups excluding carboxylic acids is 2. The number of hydrogen-bond donors (Lipinski definition) is 1. The summed E-state index contributed by atoms with van der Waals surface area (Å²) in [5.41, 5.74) is -2.51. The van der Waals surface area contributed by atoms with E-state index in [9.17, 15) is 9.59 Å². The van der Waals surface area contributed by atoms with Gasteiger partial charge in [-0.1, -0.05) is 0 Å². The van der Waals surface area contributed by atoms with Crippen LogP contribution in [0.3, 0.4) is 0 Å². The highest BCUT2D eigenvalue weighted by Gasteiger charge is 2.52. The highest BCUT2D eigenvalue weighted by atomic mass is 19.1. The molecule has 0 atom stereocenters. The van der Waals surface area contributed by atoms with Gasteiger partial charge >= 0.3 is 6.03 Å². The number of nitrogens with one attached hydrogen (secondary N) is 1. The SMILES string of the molecule is CC1(C)C(=O)NC(=O)N1CC1(F)CCC2(CC1)OCCO2. The number of hydrogen-bond acceptors (Lipinski definition) is 4. The van der Waals surface area contributed by atoms with Gasteiger partial charge < -0.3 is 14.4 Å². The van der Waals surface area contributed by atoms with Crippen molar-refractivity contribution in [3.05, 3.63) is 0 Å². The molecule has 6 nitrogen and oxygen atoms in total. The normalized spacial score (nSPS) is 30.0. The maximum absolute atomic E-state index is 15.1. The van der Waals surface area contributed by atoms with E-state index < -0.39 is 23.0 Å². The number of carbonyl (C=O) groups is 2. The standard InChI is InChI=1S/C14H21FN2O4/c1-12(2)10(18)16-11(19)17(12)9-13(15)3-5-14(6-4-13)20-7-8-21-14/h3-9H2,1-2H3,(H,16,18,19). The molecule has 118 valence electrons. The molecule has 1 aliphatic carbocycles. The lowest BCUT2D eigenvalue weighted by molar-refractivity contribution is -0.195. The fourth-order valence-electron chi connectivity index (χ4n) is 3.27. The van der Waals surface area contributed by atoms with Gasteiger partial charge in [0.15, 0.2) is 5.79 Å². The minimum Gasteiger partial charge on any atom is -0.348 e. The molecule has 0 bridgehead atoms. The molecule has 0 unspecified atom stereocenters. The molecule has 2 aliphatic heterocycles. The van der Waals surface area contributed by atoms with Crippen LogP contribution in [0.4, 0.5) is 9.18 Å². The van der Waals surface area contributed by atoms with E-state index in [4.69, 9.17) is 9.47 Å². The van der Waals surface area contributed by atoms with Gasteiger partial charge in [0, 0.05) is 12.8 Å². The first-order valence-electron chi connectivity index (χ1n) is 7.36. The lowest BCUT2D eigenvalue weighted by Gasteiger charge is -2.42. The van der Waals surface area contributed by atoms with Gasteiger partial charge in [-0.3, -0.25) is 10.1 Å². The van der Waals surface area contributed by atoms with Crippen molar-refractivity contribution in [2.24, 2.45) is 0 Å². The van der Waals surface area contributed by atoms with E-state index >= 15 is 4.39 Å². The van der Waals surface area contributed by atoms with Gasteiger partial charge in [0.05, 0.1) is 19.8 Å². The van der Waals surface area contributed by atoms with Crippen LogP contribution >= 0.6 is 0 Å². The first-order chi connectivity index (χ1) is 9.77. The summed E-state index contributed by atoms with van der Waals surface area (Å²) in [6.07, 6.45) is 1.49.